The lowest BCUT2D eigenvalue weighted by Gasteiger charge is -2.24. The third-order valence-electron chi connectivity index (χ3n) is 4.19. The smallest absolute Gasteiger partial charge is 0.170 e. The number of hydrogen-bond donors (Lipinski definition) is 2. The molecule has 0 saturated heterocycles. The van der Waals surface area contributed by atoms with Crippen molar-refractivity contribution < 1.29 is 0 Å². The molecule has 1 aromatic rings. The van der Waals surface area contributed by atoms with E-state index in [1.807, 2.05) is 0 Å². The molecule has 3 heteroatoms. The van der Waals surface area contributed by atoms with Gasteiger partial charge in [-0.15, -0.1) is 0 Å². The highest BCUT2D eigenvalue weighted by Crippen LogP contribution is 2.35. The van der Waals surface area contributed by atoms with Crippen LogP contribution in [0.5, 0.6) is 0 Å². The molecule has 0 aliphatic rings. The molecule has 0 radical (unpaired) electrons. The standard InChI is InChI=1S/C20H34N2S/c1-8-9-10-21-20(23)22-19-17(14(4)5)11-16(13(2)3)12-18(19)15(6)7/h11-15H,8-10H2,1-7H3,(H2,21,22,23). The summed E-state index contributed by atoms with van der Waals surface area (Å²) in [7, 11) is 0. The maximum absolute atomic E-state index is 5.50. The van der Waals surface area contributed by atoms with Crippen molar-refractivity contribution in [3.63, 3.8) is 0 Å². The van der Waals surface area contributed by atoms with Crippen LogP contribution < -0.4 is 10.6 Å². The van der Waals surface area contributed by atoms with Gasteiger partial charge in [-0.05, 0) is 53.1 Å². The molecule has 23 heavy (non-hydrogen) atoms. The summed E-state index contributed by atoms with van der Waals surface area (Å²) < 4.78 is 0. The molecule has 0 aliphatic carbocycles. The average Bonchev–Trinajstić information content (AvgIpc) is 2.46. The van der Waals surface area contributed by atoms with E-state index in [4.69, 9.17) is 12.2 Å². The van der Waals surface area contributed by atoms with Gasteiger partial charge in [0.15, 0.2) is 5.11 Å². The van der Waals surface area contributed by atoms with E-state index in [1.165, 1.54) is 28.8 Å². The maximum atomic E-state index is 5.50. The van der Waals surface area contributed by atoms with Gasteiger partial charge in [0.25, 0.3) is 0 Å². The Bertz CT molecular complexity index is 489. The van der Waals surface area contributed by atoms with Crippen molar-refractivity contribution in [1.82, 2.24) is 5.32 Å². The number of unbranched alkanes of at least 4 members (excludes halogenated alkanes) is 1. The van der Waals surface area contributed by atoms with Crippen molar-refractivity contribution in [3.8, 4) is 0 Å². The lowest BCUT2D eigenvalue weighted by molar-refractivity contribution is 0.757. The van der Waals surface area contributed by atoms with Crippen molar-refractivity contribution >= 4 is 23.0 Å². The van der Waals surface area contributed by atoms with Crippen molar-refractivity contribution in [2.75, 3.05) is 11.9 Å². The molecule has 0 fully saturated rings. The van der Waals surface area contributed by atoms with Crippen molar-refractivity contribution in [1.29, 1.82) is 0 Å². The number of thiocarbonyl (C=S) groups is 1. The molecular weight excluding hydrogens is 300 g/mol. The molecule has 0 aliphatic heterocycles. The summed E-state index contributed by atoms with van der Waals surface area (Å²) in [6.45, 7) is 16.6. The van der Waals surface area contributed by atoms with Crippen LogP contribution in [0.3, 0.4) is 0 Å². The Morgan fingerprint density at radius 2 is 1.48 bits per heavy atom. The summed E-state index contributed by atoms with van der Waals surface area (Å²) in [5, 5.41) is 7.54. The molecule has 0 heterocycles. The maximum Gasteiger partial charge on any atom is 0.170 e. The van der Waals surface area contributed by atoms with E-state index in [9.17, 15) is 0 Å². The van der Waals surface area contributed by atoms with E-state index in [-0.39, 0.29) is 0 Å². The minimum atomic E-state index is 0.465. The van der Waals surface area contributed by atoms with Crippen molar-refractivity contribution in [2.45, 2.75) is 79.1 Å². The van der Waals surface area contributed by atoms with Crippen LogP contribution in [0.15, 0.2) is 12.1 Å². The number of anilines is 1. The van der Waals surface area contributed by atoms with E-state index in [1.54, 1.807) is 0 Å². The number of hydrogen-bond acceptors (Lipinski definition) is 1. The predicted octanol–water partition coefficient (Wildman–Crippen LogP) is 6.14. The fourth-order valence-corrected chi connectivity index (χ4v) is 2.84. The number of nitrogens with one attached hydrogen (secondary N) is 2. The first-order valence-corrected chi connectivity index (χ1v) is 9.41. The van der Waals surface area contributed by atoms with Gasteiger partial charge in [-0.1, -0.05) is 67.0 Å². The van der Waals surface area contributed by atoms with Gasteiger partial charge in [0.05, 0.1) is 0 Å². The number of rotatable bonds is 7. The lowest BCUT2D eigenvalue weighted by atomic mass is 9.87. The van der Waals surface area contributed by atoms with Crippen LogP contribution in [-0.4, -0.2) is 11.7 Å². The predicted molar refractivity (Wildman–Crippen MR) is 108 cm³/mol. The second kappa shape index (κ2) is 9.27. The summed E-state index contributed by atoms with van der Waals surface area (Å²) in [6, 6.07) is 4.69. The molecule has 130 valence electrons. The second-order valence-corrected chi connectivity index (χ2v) is 7.68. The molecule has 0 aromatic heterocycles. The van der Waals surface area contributed by atoms with Gasteiger partial charge in [0.2, 0.25) is 0 Å². The number of benzene rings is 1. The highest BCUT2D eigenvalue weighted by molar-refractivity contribution is 7.80. The first-order chi connectivity index (χ1) is 10.8. The van der Waals surface area contributed by atoms with Gasteiger partial charge in [-0.3, -0.25) is 0 Å². The molecule has 0 unspecified atom stereocenters. The minimum Gasteiger partial charge on any atom is -0.362 e. The Balaban J connectivity index is 3.18. The lowest BCUT2D eigenvalue weighted by Crippen LogP contribution is -2.30. The van der Waals surface area contributed by atoms with Gasteiger partial charge in [0.1, 0.15) is 0 Å². The quantitative estimate of drug-likeness (QED) is 0.462. The molecular formula is C20H34N2S. The highest BCUT2D eigenvalue weighted by Gasteiger charge is 2.17. The SMILES string of the molecule is CCCCNC(=S)Nc1c(C(C)C)cc(C(C)C)cc1C(C)C. The molecule has 1 aromatic carbocycles. The molecule has 0 spiro atoms. The summed E-state index contributed by atoms with van der Waals surface area (Å²) >= 11 is 5.50. The normalized spacial score (nSPS) is 11.4. The Morgan fingerprint density at radius 1 is 0.957 bits per heavy atom. The van der Waals surface area contributed by atoms with Crippen LogP contribution in [0.1, 0.15) is 95.8 Å². The minimum absolute atomic E-state index is 0.465. The summed E-state index contributed by atoms with van der Waals surface area (Å²) in [5.74, 6) is 1.47. The van der Waals surface area contributed by atoms with Crippen molar-refractivity contribution in [3.05, 3.63) is 28.8 Å². The molecule has 2 N–H and O–H groups in total. The topological polar surface area (TPSA) is 24.1 Å². The van der Waals surface area contributed by atoms with Gasteiger partial charge in [-0.25, -0.2) is 0 Å². The molecule has 0 amide bonds. The van der Waals surface area contributed by atoms with Crippen molar-refractivity contribution in [2.24, 2.45) is 0 Å². The van der Waals surface area contributed by atoms with Gasteiger partial charge >= 0.3 is 0 Å². The molecule has 0 saturated carbocycles. The molecule has 0 atom stereocenters. The molecule has 1 rings (SSSR count). The van der Waals surface area contributed by atoms with E-state index >= 15 is 0 Å². The van der Waals surface area contributed by atoms with Crippen LogP contribution in [0.2, 0.25) is 0 Å². The van der Waals surface area contributed by atoms with E-state index in [0.717, 1.165) is 18.1 Å². The zero-order valence-corrected chi connectivity index (χ0v) is 16.7. The first-order valence-electron chi connectivity index (χ1n) is 9.00. The zero-order chi connectivity index (χ0) is 17.6. The fourth-order valence-electron chi connectivity index (χ4n) is 2.64. The Hall–Kier alpha value is -1.09. The van der Waals surface area contributed by atoms with Crippen LogP contribution >= 0.6 is 12.2 Å². The zero-order valence-electron chi connectivity index (χ0n) is 15.9. The van der Waals surface area contributed by atoms with E-state index in [2.05, 4.69) is 71.2 Å². The summed E-state index contributed by atoms with van der Waals surface area (Å²) in [4.78, 5) is 0. The van der Waals surface area contributed by atoms with Gasteiger partial charge in [0, 0.05) is 12.2 Å². The van der Waals surface area contributed by atoms with Crippen LogP contribution in [0.4, 0.5) is 5.69 Å². The van der Waals surface area contributed by atoms with Crippen LogP contribution in [-0.2, 0) is 0 Å². The average molecular weight is 335 g/mol. The van der Waals surface area contributed by atoms with E-state index < -0.39 is 0 Å². The molecule has 2 nitrogen and oxygen atoms in total. The van der Waals surface area contributed by atoms with E-state index in [0.29, 0.717) is 17.8 Å². The largest absolute Gasteiger partial charge is 0.362 e. The molecule has 0 bridgehead atoms. The fraction of sp³-hybridized carbons (Fsp3) is 0.650. The van der Waals surface area contributed by atoms with Gasteiger partial charge < -0.3 is 10.6 Å². The third kappa shape index (κ3) is 5.80. The Kier molecular flexibility index (Phi) is 8.04. The third-order valence-corrected chi connectivity index (χ3v) is 4.43. The Morgan fingerprint density at radius 3 is 1.87 bits per heavy atom. The summed E-state index contributed by atoms with van der Waals surface area (Å²) in [6.07, 6.45) is 2.31. The van der Waals surface area contributed by atoms with Gasteiger partial charge in [-0.2, -0.15) is 0 Å². The Labute approximate surface area is 148 Å². The summed E-state index contributed by atoms with van der Waals surface area (Å²) in [5.41, 5.74) is 5.33. The van der Waals surface area contributed by atoms with Crippen LogP contribution in [0, 0.1) is 0 Å². The monoisotopic (exact) mass is 334 g/mol. The highest BCUT2D eigenvalue weighted by atomic mass is 32.1. The second-order valence-electron chi connectivity index (χ2n) is 7.27. The first kappa shape index (κ1) is 20.0. The van der Waals surface area contributed by atoms with Crippen LogP contribution in [0.25, 0.3) is 0 Å².